The van der Waals surface area contributed by atoms with Crippen LogP contribution in [0.2, 0.25) is 5.15 Å². The first-order chi connectivity index (χ1) is 13.3. The Morgan fingerprint density at radius 1 is 1.25 bits per heavy atom. The molecule has 0 fully saturated rings. The SMILES string of the molecule is C=C(N)c1c(NC(C)=O)nc(-c2ccc(Cl)nc2C)n1Cc1ccc(F)cc1. The molecule has 0 unspecified atom stereocenters. The number of carbonyl (C=O) groups excluding carboxylic acids is 1. The number of hydrogen-bond donors (Lipinski definition) is 2. The van der Waals surface area contributed by atoms with Gasteiger partial charge in [0.05, 0.1) is 5.70 Å². The molecule has 3 rings (SSSR count). The number of nitrogens with zero attached hydrogens (tertiary/aromatic N) is 3. The summed E-state index contributed by atoms with van der Waals surface area (Å²) < 4.78 is 15.1. The van der Waals surface area contributed by atoms with Crippen molar-refractivity contribution in [2.24, 2.45) is 5.73 Å². The number of aromatic nitrogens is 3. The van der Waals surface area contributed by atoms with Gasteiger partial charge in [0.15, 0.2) is 5.82 Å². The number of imidazole rings is 1. The maximum atomic E-state index is 13.3. The van der Waals surface area contributed by atoms with E-state index >= 15 is 0 Å². The zero-order valence-corrected chi connectivity index (χ0v) is 16.2. The molecular weight excluding hydrogens is 381 g/mol. The molecular formula is C20H19ClFN5O. The molecule has 3 N–H and O–H groups in total. The largest absolute Gasteiger partial charge is 0.397 e. The molecule has 0 atom stereocenters. The number of carbonyl (C=O) groups is 1. The molecule has 8 heteroatoms. The first-order valence-corrected chi connectivity index (χ1v) is 8.85. The highest BCUT2D eigenvalue weighted by atomic mass is 35.5. The third-order valence-corrected chi connectivity index (χ3v) is 4.32. The lowest BCUT2D eigenvalue weighted by Crippen LogP contribution is -2.13. The van der Waals surface area contributed by atoms with Crippen molar-refractivity contribution in [1.82, 2.24) is 14.5 Å². The first-order valence-electron chi connectivity index (χ1n) is 8.47. The third-order valence-electron chi connectivity index (χ3n) is 4.11. The smallest absolute Gasteiger partial charge is 0.222 e. The van der Waals surface area contributed by atoms with E-state index in [4.69, 9.17) is 17.3 Å². The number of anilines is 1. The van der Waals surface area contributed by atoms with Crippen LogP contribution in [-0.4, -0.2) is 20.4 Å². The molecule has 0 saturated heterocycles. The van der Waals surface area contributed by atoms with Crippen molar-refractivity contribution in [3.63, 3.8) is 0 Å². The summed E-state index contributed by atoms with van der Waals surface area (Å²) in [4.78, 5) is 20.5. The number of nitrogens with two attached hydrogens (primary N) is 1. The van der Waals surface area contributed by atoms with Crippen LogP contribution in [0.25, 0.3) is 17.1 Å². The standard InChI is InChI=1S/C20H19ClFN5O/c1-11(23)18-19(25-13(3)28)26-20(16-8-9-17(21)24-12(16)2)27(18)10-14-4-6-15(22)7-5-14/h4-9H,1,10,23H2,2-3H3,(H,25,28). The molecule has 0 spiro atoms. The molecule has 6 nitrogen and oxygen atoms in total. The summed E-state index contributed by atoms with van der Waals surface area (Å²) >= 11 is 5.98. The lowest BCUT2D eigenvalue weighted by Gasteiger charge is -2.14. The molecule has 28 heavy (non-hydrogen) atoms. The summed E-state index contributed by atoms with van der Waals surface area (Å²) in [6.45, 7) is 7.36. The van der Waals surface area contributed by atoms with Crippen LogP contribution < -0.4 is 11.1 Å². The maximum absolute atomic E-state index is 13.3. The Balaban J connectivity index is 2.22. The first kappa shape index (κ1) is 19.6. The fourth-order valence-corrected chi connectivity index (χ4v) is 3.12. The van der Waals surface area contributed by atoms with E-state index in [2.05, 4.69) is 21.9 Å². The van der Waals surface area contributed by atoms with Crippen molar-refractivity contribution in [2.75, 3.05) is 5.32 Å². The van der Waals surface area contributed by atoms with E-state index in [1.165, 1.54) is 19.1 Å². The quantitative estimate of drug-likeness (QED) is 0.635. The second kappa shape index (κ2) is 7.82. The van der Waals surface area contributed by atoms with Crippen molar-refractivity contribution in [3.05, 3.63) is 70.9 Å². The Kier molecular flexibility index (Phi) is 5.46. The normalized spacial score (nSPS) is 10.7. The molecule has 1 aromatic carbocycles. The number of pyridine rings is 1. The van der Waals surface area contributed by atoms with E-state index < -0.39 is 0 Å². The van der Waals surface area contributed by atoms with Gasteiger partial charge in [-0.3, -0.25) is 4.79 Å². The zero-order valence-electron chi connectivity index (χ0n) is 15.5. The second-order valence-corrected chi connectivity index (χ2v) is 6.71. The van der Waals surface area contributed by atoms with Crippen molar-refractivity contribution < 1.29 is 9.18 Å². The van der Waals surface area contributed by atoms with Gasteiger partial charge >= 0.3 is 0 Å². The molecule has 0 aliphatic heterocycles. The molecule has 144 valence electrons. The summed E-state index contributed by atoms with van der Waals surface area (Å²) in [5.74, 6) is 0.226. The summed E-state index contributed by atoms with van der Waals surface area (Å²) in [7, 11) is 0. The molecule has 0 saturated carbocycles. The number of rotatable bonds is 5. The molecule has 1 amide bonds. The summed E-state index contributed by atoms with van der Waals surface area (Å²) in [5.41, 5.74) is 8.96. The molecule has 2 heterocycles. The lowest BCUT2D eigenvalue weighted by molar-refractivity contribution is -0.114. The minimum Gasteiger partial charge on any atom is -0.397 e. The Hall–Kier alpha value is -3.19. The second-order valence-electron chi connectivity index (χ2n) is 6.32. The highest BCUT2D eigenvalue weighted by Gasteiger charge is 2.22. The van der Waals surface area contributed by atoms with Gasteiger partial charge in [0.1, 0.15) is 22.5 Å². The fourth-order valence-electron chi connectivity index (χ4n) is 2.93. The van der Waals surface area contributed by atoms with Gasteiger partial charge in [-0.1, -0.05) is 30.3 Å². The number of hydrogen-bond acceptors (Lipinski definition) is 4. The molecule has 2 aromatic heterocycles. The Morgan fingerprint density at radius 2 is 1.93 bits per heavy atom. The van der Waals surface area contributed by atoms with Crippen LogP contribution in [0, 0.1) is 12.7 Å². The number of amides is 1. The van der Waals surface area contributed by atoms with E-state index in [-0.39, 0.29) is 17.4 Å². The Morgan fingerprint density at radius 3 is 2.50 bits per heavy atom. The monoisotopic (exact) mass is 399 g/mol. The van der Waals surface area contributed by atoms with E-state index in [0.29, 0.717) is 34.7 Å². The average molecular weight is 400 g/mol. The molecule has 0 aliphatic carbocycles. The third kappa shape index (κ3) is 4.04. The molecule has 0 aliphatic rings. The van der Waals surface area contributed by atoms with Crippen LogP contribution in [0.3, 0.4) is 0 Å². The maximum Gasteiger partial charge on any atom is 0.222 e. The zero-order chi connectivity index (χ0) is 20.4. The van der Waals surface area contributed by atoms with E-state index in [1.54, 1.807) is 24.3 Å². The van der Waals surface area contributed by atoms with E-state index in [1.807, 2.05) is 11.5 Å². The highest BCUT2D eigenvalue weighted by molar-refractivity contribution is 6.29. The number of nitrogens with one attached hydrogen (secondary N) is 1. The highest BCUT2D eigenvalue weighted by Crippen LogP contribution is 2.31. The number of benzene rings is 1. The van der Waals surface area contributed by atoms with E-state index in [0.717, 1.165) is 11.1 Å². The van der Waals surface area contributed by atoms with Crippen molar-refractivity contribution in [1.29, 1.82) is 0 Å². The van der Waals surface area contributed by atoms with Crippen LogP contribution >= 0.6 is 11.6 Å². The number of aryl methyl sites for hydroxylation is 1. The van der Waals surface area contributed by atoms with Gasteiger partial charge in [-0.05, 0) is 36.8 Å². The van der Waals surface area contributed by atoms with Crippen molar-refractivity contribution in [2.45, 2.75) is 20.4 Å². The minimum atomic E-state index is -0.324. The predicted molar refractivity (Wildman–Crippen MR) is 108 cm³/mol. The van der Waals surface area contributed by atoms with Crippen LogP contribution in [0.5, 0.6) is 0 Å². The topological polar surface area (TPSA) is 85.8 Å². The van der Waals surface area contributed by atoms with Crippen LogP contribution in [0.4, 0.5) is 10.2 Å². The van der Waals surface area contributed by atoms with Gasteiger partial charge in [0.25, 0.3) is 0 Å². The van der Waals surface area contributed by atoms with Gasteiger partial charge < -0.3 is 15.6 Å². The van der Waals surface area contributed by atoms with Gasteiger partial charge in [-0.2, -0.15) is 0 Å². The molecule has 3 aromatic rings. The number of halogens is 2. The average Bonchev–Trinajstić information content (AvgIpc) is 2.94. The van der Waals surface area contributed by atoms with Gasteiger partial charge in [-0.25, -0.2) is 14.4 Å². The van der Waals surface area contributed by atoms with Crippen LogP contribution in [-0.2, 0) is 11.3 Å². The molecule has 0 bridgehead atoms. The fraction of sp³-hybridized carbons (Fsp3) is 0.150. The Labute approximate surface area is 166 Å². The minimum absolute atomic E-state index is 0.240. The van der Waals surface area contributed by atoms with Crippen molar-refractivity contribution in [3.8, 4) is 11.4 Å². The van der Waals surface area contributed by atoms with Gasteiger partial charge in [0.2, 0.25) is 5.91 Å². The van der Waals surface area contributed by atoms with Gasteiger partial charge in [-0.15, -0.1) is 0 Å². The predicted octanol–water partition coefficient (Wildman–Crippen LogP) is 3.98. The van der Waals surface area contributed by atoms with Crippen LogP contribution in [0.1, 0.15) is 23.9 Å². The van der Waals surface area contributed by atoms with Crippen LogP contribution in [0.15, 0.2) is 43.0 Å². The molecule has 0 radical (unpaired) electrons. The van der Waals surface area contributed by atoms with Crippen molar-refractivity contribution >= 4 is 29.0 Å². The van der Waals surface area contributed by atoms with Gasteiger partial charge in [0, 0.05) is 24.7 Å². The summed E-state index contributed by atoms with van der Waals surface area (Å²) in [6, 6.07) is 9.57. The lowest BCUT2D eigenvalue weighted by atomic mass is 10.1. The summed E-state index contributed by atoms with van der Waals surface area (Å²) in [5, 5.41) is 3.06. The summed E-state index contributed by atoms with van der Waals surface area (Å²) in [6.07, 6.45) is 0. The van der Waals surface area contributed by atoms with E-state index in [9.17, 15) is 9.18 Å². The Bertz CT molecular complexity index is 1060.